The molecule has 2 rings (SSSR count). The van der Waals surface area contributed by atoms with E-state index in [9.17, 15) is 4.79 Å². The topological polar surface area (TPSA) is 83.3 Å². The first-order chi connectivity index (χ1) is 9.20. The van der Waals surface area contributed by atoms with Crippen LogP contribution in [-0.2, 0) is 11.3 Å². The second-order valence-electron chi connectivity index (χ2n) is 4.68. The van der Waals surface area contributed by atoms with Crippen molar-refractivity contribution in [2.24, 2.45) is 0 Å². The molecule has 1 fully saturated rings. The second kappa shape index (κ2) is 6.51. The van der Waals surface area contributed by atoms with Crippen LogP contribution in [0.2, 0.25) is 0 Å². The normalized spacial score (nSPS) is 16.6. The van der Waals surface area contributed by atoms with E-state index < -0.39 is 0 Å². The highest BCUT2D eigenvalue weighted by Gasteiger charge is 2.24. The van der Waals surface area contributed by atoms with E-state index in [1.807, 2.05) is 18.7 Å². The monoisotopic (exact) mass is 267 g/mol. The predicted molar refractivity (Wildman–Crippen MR) is 70.6 cm³/mol. The smallest absolute Gasteiger partial charge is 0.316 e. The average Bonchev–Trinajstić information content (AvgIpc) is 3.06. The lowest BCUT2D eigenvalue weighted by Crippen LogP contribution is -2.39. The molecular weight excluding hydrogens is 246 g/mol. The minimum atomic E-state index is -0.342. The van der Waals surface area contributed by atoms with Crippen molar-refractivity contribution in [1.82, 2.24) is 20.4 Å². The first kappa shape index (κ1) is 13.8. The summed E-state index contributed by atoms with van der Waals surface area (Å²) in [7, 11) is 0. The van der Waals surface area contributed by atoms with Gasteiger partial charge >= 0.3 is 6.01 Å². The molecule has 1 amide bonds. The summed E-state index contributed by atoms with van der Waals surface area (Å²) in [5.74, 6) is 0.606. The van der Waals surface area contributed by atoms with Crippen LogP contribution in [0.5, 0.6) is 0 Å². The highest BCUT2D eigenvalue weighted by Crippen LogP contribution is 2.12. The Hall–Kier alpha value is -1.63. The number of hydrogen-bond donors (Lipinski definition) is 2. The van der Waals surface area contributed by atoms with Gasteiger partial charge in [0.1, 0.15) is 6.04 Å². The maximum absolute atomic E-state index is 12.1. The van der Waals surface area contributed by atoms with Crippen LogP contribution in [0.4, 0.5) is 6.01 Å². The molecule has 0 aliphatic carbocycles. The van der Waals surface area contributed by atoms with E-state index in [0.717, 1.165) is 32.5 Å². The lowest BCUT2D eigenvalue weighted by atomic mass is 10.3. The van der Waals surface area contributed by atoms with E-state index in [-0.39, 0.29) is 11.9 Å². The van der Waals surface area contributed by atoms with Crippen molar-refractivity contribution in [3.63, 3.8) is 0 Å². The van der Waals surface area contributed by atoms with Gasteiger partial charge in [-0.15, -0.1) is 5.10 Å². The summed E-state index contributed by atoms with van der Waals surface area (Å²) < 4.78 is 5.40. The number of amides is 1. The molecule has 0 saturated carbocycles. The van der Waals surface area contributed by atoms with E-state index in [0.29, 0.717) is 18.5 Å². The Bertz CT molecular complexity index is 414. The molecule has 1 aliphatic heterocycles. The average molecular weight is 267 g/mol. The van der Waals surface area contributed by atoms with Gasteiger partial charge in [-0.1, -0.05) is 12.0 Å². The van der Waals surface area contributed by atoms with Gasteiger partial charge in [0.2, 0.25) is 11.8 Å². The van der Waals surface area contributed by atoms with Crippen molar-refractivity contribution in [3.05, 3.63) is 5.89 Å². The predicted octanol–water partition coefficient (Wildman–Crippen LogP) is 0.602. The third-order valence-electron chi connectivity index (χ3n) is 3.12. The molecule has 19 heavy (non-hydrogen) atoms. The Morgan fingerprint density at radius 1 is 1.42 bits per heavy atom. The van der Waals surface area contributed by atoms with E-state index in [2.05, 4.69) is 20.8 Å². The van der Waals surface area contributed by atoms with Crippen molar-refractivity contribution in [2.45, 2.75) is 39.3 Å². The molecular formula is C12H21N5O2. The van der Waals surface area contributed by atoms with Crippen LogP contribution >= 0.6 is 0 Å². The van der Waals surface area contributed by atoms with Gasteiger partial charge in [0, 0.05) is 13.1 Å². The Morgan fingerprint density at radius 3 is 2.84 bits per heavy atom. The van der Waals surface area contributed by atoms with Crippen LogP contribution in [0.25, 0.3) is 0 Å². The molecule has 0 bridgehead atoms. The molecule has 2 heterocycles. The van der Waals surface area contributed by atoms with Crippen molar-refractivity contribution >= 4 is 11.9 Å². The maximum atomic E-state index is 12.1. The van der Waals surface area contributed by atoms with Crippen molar-refractivity contribution < 1.29 is 9.21 Å². The molecule has 1 atom stereocenters. The highest BCUT2D eigenvalue weighted by molar-refractivity contribution is 5.83. The fraction of sp³-hybridized carbons (Fsp3) is 0.750. The summed E-state index contributed by atoms with van der Waals surface area (Å²) >= 11 is 0. The van der Waals surface area contributed by atoms with Gasteiger partial charge in [-0.25, -0.2) is 0 Å². The Kier molecular flexibility index (Phi) is 4.73. The molecule has 7 heteroatoms. The van der Waals surface area contributed by atoms with Gasteiger partial charge in [-0.3, -0.25) is 4.79 Å². The van der Waals surface area contributed by atoms with Crippen LogP contribution in [0, 0.1) is 0 Å². The molecule has 1 saturated heterocycles. The fourth-order valence-corrected chi connectivity index (χ4v) is 2.07. The van der Waals surface area contributed by atoms with Gasteiger partial charge in [-0.05, 0) is 26.3 Å². The molecule has 7 nitrogen and oxygen atoms in total. The molecule has 1 aromatic rings. The zero-order valence-corrected chi connectivity index (χ0v) is 11.5. The number of anilines is 1. The minimum absolute atomic E-state index is 0.0870. The van der Waals surface area contributed by atoms with Gasteiger partial charge in [-0.2, -0.15) is 0 Å². The molecule has 106 valence electrons. The second-order valence-corrected chi connectivity index (χ2v) is 4.68. The van der Waals surface area contributed by atoms with Crippen molar-refractivity contribution in [2.75, 3.05) is 25.0 Å². The van der Waals surface area contributed by atoms with Crippen LogP contribution in [0.1, 0.15) is 32.6 Å². The molecule has 0 aromatic carbocycles. The van der Waals surface area contributed by atoms with Gasteiger partial charge in [0.05, 0.1) is 6.54 Å². The SMILES string of the molecule is CCNCc1nnc(NC(C)C(=O)N2CCCC2)o1. The number of aromatic nitrogens is 2. The first-order valence-electron chi connectivity index (χ1n) is 6.79. The zero-order valence-electron chi connectivity index (χ0n) is 11.5. The summed E-state index contributed by atoms with van der Waals surface area (Å²) in [6, 6.07) is -0.0431. The van der Waals surface area contributed by atoms with Crippen LogP contribution in [0.15, 0.2) is 4.42 Å². The van der Waals surface area contributed by atoms with Crippen molar-refractivity contribution in [3.8, 4) is 0 Å². The molecule has 1 aromatic heterocycles. The van der Waals surface area contributed by atoms with E-state index in [1.54, 1.807) is 0 Å². The minimum Gasteiger partial charge on any atom is -0.407 e. The van der Waals surface area contributed by atoms with Crippen LogP contribution < -0.4 is 10.6 Å². The number of nitrogens with zero attached hydrogens (tertiary/aromatic N) is 3. The lowest BCUT2D eigenvalue weighted by molar-refractivity contribution is -0.130. The zero-order chi connectivity index (χ0) is 13.7. The largest absolute Gasteiger partial charge is 0.407 e. The highest BCUT2D eigenvalue weighted by atomic mass is 16.4. The van der Waals surface area contributed by atoms with Gasteiger partial charge < -0.3 is 20.0 Å². The van der Waals surface area contributed by atoms with E-state index >= 15 is 0 Å². The Labute approximate surface area is 112 Å². The molecule has 1 unspecified atom stereocenters. The number of rotatable bonds is 6. The third-order valence-corrected chi connectivity index (χ3v) is 3.12. The number of carbonyl (C=O) groups is 1. The van der Waals surface area contributed by atoms with E-state index in [1.165, 1.54) is 0 Å². The van der Waals surface area contributed by atoms with Crippen LogP contribution in [0.3, 0.4) is 0 Å². The summed E-state index contributed by atoms with van der Waals surface area (Å²) in [5, 5.41) is 13.8. The third kappa shape index (κ3) is 3.66. The van der Waals surface area contributed by atoms with E-state index in [4.69, 9.17) is 4.42 Å². The van der Waals surface area contributed by atoms with Gasteiger partial charge in [0.25, 0.3) is 0 Å². The number of nitrogens with one attached hydrogen (secondary N) is 2. The molecule has 1 aliphatic rings. The first-order valence-corrected chi connectivity index (χ1v) is 6.79. The maximum Gasteiger partial charge on any atom is 0.316 e. The quantitative estimate of drug-likeness (QED) is 0.785. The Morgan fingerprint density at radius 2 is 2.16 bits per heavy atom. The standard InChI is InChI=1S/C12H21N5O2/c1-3-13-8-10-15-16-12(19-10)14-9(2)11(18)17-6-4-5-7-17/h9,13H,3-8H2,1-2H3,(H,14,16). The summed E-state index contributed by atoms with van der Waals surface area (Å²) in [6.07, 6.45) is 2.18. The summed E-state index contributed by atoms with van der Waals surface area (Å²) in [4.78, 5) is 14.0. The molecule has 0 radical (unpaired) electrons. The fourth-order valence-electron chi connectivity index (χ4n) is 2.07. The summed E-state index contributed by atoms with van der Waals surface area (Å²) in [5.41, 5.74) is 0. The van der Waals surface area contributed by atoms with Gasteiger partial charge in [0.15, 0.2) is 0 Å². The molecule has 0 spiro atoms. The Balaban J connectivity index is 1.85. The number of carbonyl (C=O) groups excluding carboxylic acids is 1. The number of likely N-dealkylation sites (tertiary alicyclic amines) is 1. The van der Waals surface area contributed by atoms with Crippen LogP contribution in [-0.4, -0.2) is 46.7 Å². The lowest BCUT2D eigenvalue weighted by Gasteiger charge is -2.20. The van der Waals surface area contributed by atoms with Crippen molar-refractivity contribution in [1.29, 1.82) is 0 Å². The molecule has 2 N–H and O–H groups in total. The summed E-state index contributed by atoms with van der Waals surface area (Å²) in [6.45, 7) is 6.90. The number of hydrogen-bond acceptors (Lipinski definition) is 6.